The number of methoxy groups -OCH3 is 1. The van der Waals surface area contributed by atoms with Crippen LogP contribution in [0.25, 0.3) is 0 Å². The first-order chi connectivity index (χ1) is 6.93. The molecule has 0 rings (SSSR count). The van der Waals surface area contributed by atoms with Crippen LogP contribution in [0.3, 0.4) is 0 Å². The summed E-state index contributed by atoms with van der Waals surface area (Å²) < 4.78 is 9.25. The molecule has 0 spiro atoms. The lowest BCUT2D eigenvalue weighted by Crippen LogP contribution is -2.28. The van der Waals surface area contributed by atoms with E-state index in [0.29, 0.717) is 0 Å². The lowest BCUT2D eigenvalue weighted by atomic mass is 10.1. The number of ether oxygens (including phenoxy) is 2. The van der Waals surface area contributed by atoms with E-state index >= 15 is 0 Å². The van der Waals surface area contributed by atoms with Crippen molar-refractivity contribution < 1.29 is 19.1 Å². The van der Waals surface area contributed by atoms with Crippen LogP contribution >= 0.6 is 11.6 Å². The van der Waals surface area contributed by atoms with E-state index in [9.17, 15) is 9.59 Å². The number of hydrogen-bond donors (Lipinski definition) is 0. The molecule has 0 bridgehead atoms. The Hall–Kier alpha value is -1.29. The number of carbonyl (C=O) groups excluding carboxylic acids is 2. The fraction of sp³-hybridized carbons (Fsp3) is 0.400. The molecule has 0 N–H and O–H groups in total. The van der Waals surface area contributed by atoms with E-state index in [0.717, 1.165) is 6.08 Å². The number of rotatable bonds is 5. The highest BCUT2D eigenvalue weighted by Gasteiger charge is 2.25. The number of hydrogen-bond acceptors (Lipinski definition) is 4. The average Bonchev–Trinajstić information content (AvgIpc) is 2.25. The maximum Gasteiger partial charge on any atom is 0.334 e. The molecule has 0 aromatic heterocycles. The zero-order chi connectivity index (χ0) is 12.0. The van der Waals surface area contributed by atoms with E-state index in [-0.39, 0.29) is 5.57 Å². The van der Waals surface area contributed by atoms with Gasteiger partial charge in [0.1, 0.15) is 11.5 Å². The summed E-state index contributed by atoms with van der Waals surface area (Å²) in [6.07, 6.45) is 0.338. The number of halogens is 1. The summed E-state index contributed by atoms with van der Waals surface area (Å²) in [6.45, 7) is 8.24. The molecule has 0 aliphatic heterocycles. The SMILES string of the molecule is C=CC(=O)OC(C)C(Cl)C(=C)C(=O)OC. The highest BCUT2D eigenvalue weighted by atomic mass is 35.5. The molecule has 0 heterocycles. The van der Waals surface area contributed by atoms with Crippen molar-refractivity contribution in [3.05, 3.63) is 24.8 Å². The minimum atomic E-state index is -0.818. The number of alkyl halides is 1. The van der Waals surface area contributed by atoms with Gasteiger partial charge in [0.2, 0.25) is 0 Å². The van der Waals surface area contributed by atoms with Crippen LogP contribution < -0.4 is 0 Å². The summed E-state index contributed by atoms with van der Waals surface area (Å²) in [4.78, 5) is 21.9. The van der Waals surface area contributed by atoms with E-state index in [1.54, 1.807) is 6.92 Å². The van der Waals surface area contributed by atoms with Crippen molar-refractivity contribution in [2.24, 2.45) is 0 Å². The second-order valence-electron chi connectivity index (χ2n) is 2.76. The first kappa shape index (κ1) is 13.7. The maximum absolute atomic E-state index is 11.0. The molecule has 0 aromatic rings. The van der Waals surface area contributed by atoms with Crippen LogP contribution in [0.2, 0.25) is 0 Å². The lowest BCUT2D eigenvalue weighted by molar-refractivity contribution is -0.143. The quantitative estimate of drug-likeness (QED) is 0.409. The van der Waals surface area contributed by atoms with E-state index < -0.39 is 23.4 Å². The Balaban J connectivity index is 4.37. The number of esters is 2. The smallest absolute Gasteiger partial charge is 0.334 e. The molecule has 2 atom stereocenters. The summed E-state index contributed by atoms with van der Waals surface area (Å²) in [5, 5.41) is -0.818. The third kappa shape index (κ3) is 4.16. The third-order valence-corrected chi connectivity index (χ3v) is 2.28. The predicted molar refractivity (Wildman–Crippen MR) is 56.5 cm³/mol. The first-order valence-corrected chi connectivity index (χ1v) is 4.61. The molecular weight excluding hydrogens is 220 g/mol. The fourth-order valence-corrected chi connectivity index (χ4v) is 0.959. The van der Waals surface area contributed by atoms with Gasteiger partial charge in [-0.3, -0.25) is 0 Å². The Bertz CT molecular complexity index is 285. The van der Waals surface area contributed by atoms with Crippen molar-refractivity contribution in [2.75, 3.05) is 7.11 Å². The summed E-state index contributed by atoms with van der Waals surface area (Å²) >= 11 is 5.84. The van der Waals surface area contributed by atoms with E-state index in [2.05, 4.69) is 17.9 Å². The van der Waals surface area contributed by atoms with Crippen LogP contribution in [0.5, 0.6) is 0 Å². The van der Waals surface area contributed by atoms with Crippen LogP contribution in [0, 0.1) is 0 Å². The second kappa shape index (κ2) is 6.24. The van der Waals surface area contributed by atoms with E-state index in [1.165, 1.54) is 7.11 Å². The number of carbonyl (C=O) groups is 2. The largest absolute Gasteiger partial charge is 0.466 e. The zero-order valence-electron chi connectivity index (χ0n) is 8.66. The van der Waals surface area contributed by atoms with E-state index in [1.807, 2.05) is 0 Å². The van der Waals surface area contributed by atoms with Gasteiger partial charge in [-0.1, -0.05) is 13.2 Å². The second-order valence-corrected chi connectivity index (χ2v) is 3.23. The summed E-state index contributed by atoms with van der Waals surface area (Å²) in [5.74, 6) is -1.23. The normalized spacial score (nSPS) is 13.5. The Morgan fingerprint density at radius 1 is 1.47 bits per heavy atom. The van der Waals surface area contributed by atoms with Crippen LogP contribution in [0.15, 0.2) is 24.8 Å². The standard InChI is InChI=1S/C10H13ClO4/c1-5-8(12)15-7(3)9(11)6(2)10(13)14-4/h5,7,9H,1-2H2,3-4H3. The highest BCUT2D eigenvalue weighted by molar-refractivity contribution is 6.25. The minimum absolute atomic E-state index is 0.0449. The van der Waals surface area contributed by atoms with Crippen LogP contribution in [-0.4, -0.2) is 30.5 Å². The van der Waals surface area contributed by atoms with Gasteiger partial charge in [-0.05, 0) is 6.92 Å². The van der Waals surface area contributed by atoms with Gasteiger partial charge < -0.3 is 9.47 Å². The van der Waals surface area contributed by atoms with E-state index in [4.69, 9.17) is 16.3 Å². The van der Waals surface area contributed by atoms with Crippen LogP contribution in [-0.2, 0) is 19.1 Å². The van der Waals surface area contributed by atoms with Gasteiger partial charge in [0.15, 0.2) is 0 Å². The van der Waals surface area contributed by atoms with Gasteiger partial charge in [-0.25, -0.2) is 9.59 Å². The molecule has 0 aliphatic carbocycles. The topological polar surface area (TPSA) is 52.6 Å². The van der Waals surface area contributed by atoms with Crippen LogP contribution in [0.1, 0.15) is 6.92 Å². The Morgan fingerprint density at radius 2 is 2.00 bits per heavy atom. The molecule has 0 aromatic carbocycles. The van der Waals surface area contributed by atoms with Gasteiger partial charge >= 0.3 is 11.9 Å². The molecule has 0 saturated heterocycles. The molecule has 0 fully saturated rings. The minimum Gasteiger partial charge on any atom is -0.466 e. The summed E-state index contributed by atoms with van der Waals surface area (Å²) in [5.41, 5.74) is 0.0449. The monoisotopic (exact) mass is 232 g/mol. The van der Waals surface area contributed by atoms with Crippen molar-refractivity contribution >= 4 is 23.5 Å². The van der Waals surface area contributed by atoms with Gasteiger partial charge in [-0.15, -0.1) is 11.6 Å². The van der Waals surface area contributed by atoms with Gasteiger partial charge in [0.25, 0.3) is 0 Å². The summed E-state index contributed by atoms with van der Waals surface area (Å²) in [6, 6.07) is 0. The summed E-state index contributed by atoms with van der Waals surface area (Å²) in [7, 11) is 1.22. The Morgan fingerprint density at radius 3 is 2.40 bits per heavy atom. The molecule has 0 aliphatic rings. The first-order valence-electron chi connectivity index (χ1n) is 4.18. The highest BCUT2D eigenvalue weighted by Crippen LogP contribution is 2.16. The Kier molecular flexibility index (Phi) is 5.70. The molecular formula is C10H13ClO4. The molecule has 5 heteroatoms. The fourth-order valence-electron chi connectivity index (χ4n) is 0.818. The van der Waals surface area contributed by atoms with Crippen molar-refractivity contribution in [2.45, 2.75) is 18.4 Å². The van der Waals surface area contributed by atoms with Gasteiger partial charge in [0.05, 0.1) is 12.7 Å². The zero-order valence-corrected chi connectivity index (χ0v) is 9.41. The maximum atomic E-state index is 11.0. The molecule has 84 valence electrons. The Labute approximate surface area is 93.5 Å². The lowest BCUT2D eigenvalue weighted by Gasteiger charge is -2.18. The van der Waals surface area contributed by atoms with Gasteiger partial charge in [0, 0.05) is 6.08 Å². The van der Waals surface area contributed by atoms with Crippen LogP contribution in [0.4, 0.5) is 0 Å². The molecule has 0 amide bonds. The van der Waals surface area contributed by atoms with Crippen molar-refractivity contribution in [1.29, 1.82) is 0 Å². The molecule has 0 radical (unpaired) electrons. The van der Waals surface area contributed by atoms with Crippen molar-refractivity contribution in [3.63, 3.8) is 0 Å². The molecule has 4 nitrogen and oxygen atoms in total. The molecule has 2 unspecified atom stereocenters. The molecule has 15 heavy (non-hydrogen) atoms. The third-order valence-electron chi connectivity index (χ3n) is 1.66. The molecule has 0 saturated carbocycles. The van der Waals surface area contributed by atoms with Gasteiger partial charge in [-0.2, -0.15) is 0 Å². The average molecular weight is 233 g/mol. The van der Waals surface area contributed by atoms with Crippen molar-refractivity contribution in [3.8, 4) is 0 Å². The predicted octanol–water partition coefficient (Wildman–Crippen LogP) is 1.44. The van der Waals surface area contributed by atoms with Crippen molar-refractivity contribution in [1.82, 2.24) is 0 Å².